The minimum Gasteiger partial charge on any atom is -0.451 e. The lowest BCUT2D eigenvalue weighted by atomic mass is 10.0. The van der Waals surface area contributed by atoms with E-state index in [4.69, 9.17) is 4.74 Å². The zero-order chi connectivity index (χ0) is 17.8. The highest BCUT2D eigenvalue weighted by atomic mass is 16.5. The smallest absolute Gasteiger partial charge is 0.361 e. The van der Waals surface area contributed by atoms with Gasteiger partial charge in [-0.05, 0) is 45.2 Å². The van der Waals surface area contributed by atoms with Crippen LogP contribution in [0.5, 0.6) is 0 Å². The molecular weight excluding hydrogens is 320 g/mol. The van der Waals surface area contributed by atoms with Crippen LogP contribution in [0.25, 0.3) is 5.69 Å². The first kappa shape index (κ1) is 17.1. The van der Waals surface area contributed by atoms with Crippen molar-refractivity contribution in [2.75, 3.05) is 13.2 Å². The summed E-state index contributed by atoms with van der Waals surface area (Å²) in [5.74, 6) is -0.786. The Balaban J connectivity index is 1.64. The molecule has 1 atom stereocenters. The van der Waals surface area contributed by atoms with E-state index in [-0.39, 0.29) is 24.2 Å². The average molecular weight is 342 g/mol. The quantitative estimate of drug-likeness (QED) is 0.796. The molecule has 132 valence electrons. The first-order chi connectivity index (χ1) is 12.1. The summed E-state index contributed by atoms with van der Waals surface area (Å²) in [5, 5.41) is 8.43. The molecule has 0 radical (unpaired) electrons. The lowest BCUT2D eigenvalue weighted by Crippen LogP contribution is -2.44. The van der Waals surface area contributed by atoms with Crippen LogP contribution in [-0.4, -0.2) is 51.0 Å². The number of para-hydroxylation sites is 1. The van der Waals surface area contributed by atoms with E-state index in [9.17, 15) is 9.59 Å². The fraction of sp³-hybridized carbons (Fsp3) is 0.444. The number of nitrogens with zero attached hydrogens (tertiary/aromatic N) is 4. The highest BCUT2D eigenvalue weighted by Gasteiger charge is 2.25. The van der Waals surface area contributed by atoms with Crippen LogP contribution in [0.4, 0.5) is 0 Å². The van der Waals surface area contributed by atoms with Gasteiger partial charge in [0.1, 0.15) is 0 Å². The second-order valence-corrected chi connectivity index (χ2v) is 6.27. The summed E-state index contributed by atoms with van der Waals surface area (Å²) < 4.78 is 5.18. The zero-order valence-corrected chi connectivity index (χ0v) is 14.5. The van der Waals surface area contributed by atoms with Gasteiger partial charge in [0, 0.05) is 12.6 Å². The van der Waals surface area contributed by atoms with Gasteiger partial charge in [0.25, 0.3) is 5.91 Å². The van der Waals surface area contributed by atoms with Crippen molar-refractivity contribution in [1.82, 2.24) is 19.9 Å². The molecule has 0 aliphatic carbocycles. The molecule has 7 nitrogen and oxygen atoms in total. The third-order valence-corrected chi connectivity index (χ3v) is 4.41. The van der Waals surface area contributed by atoms with Gasteiger partial charge in [0.2, 0.25) is 0 Å². The predicted octanol–water partition coefficient (Wildman–Crippen LogP) is 2.13. The fourth-order valence-corrected chi connectivity index (χ4v) is 2.99. The molecule has 0 spiro atoms. The van der Waals surface area contributed by atoms with Gasteiger partial charge in [-0.25, -0.2) is 4.79 Å². The summed E-state index contributed by atoms with van der Waals surface area (Å²) in [6, 6.07) is 9.50. The van der Waals surface area contributed by atoms with Crippen LogP contribution in [0.2, 0.25) is 0 Å². The van der Waals surface area contributed by atoms with Gasteiger partial charge in [-0.15, -0.1) is 5.10 Å². The van der Waals surface area contributed by atoms with Crippen LogP contribution in [0, 0.1) is 6.92 Å². The Morgan fingerprint density at radius 3 is 2.68 bits per heavy atom. The monoisotopic (exact) mass is 342 g/mol. The Bertz CT molecular complexity index is 757. The van der Waals surface area contributed by atoms with E-state index < -0.39 is 5.97 Å². The molecule has 1 aromatic heterocycles. The molecule has 1 fully saturated rings. The lowest BCUT2D eigenvalue weighted by Gasteiger charge is -2.33. The number of hydrogen-bond donors (Lipinski definition) is 0. The maximum Gasteiger partial charge on any atom is 0.361 e. The van der Waals surface area contributed by atoms with Crippen molar-refractivity contribution in [3.05, 3.63) is 41.7 Å². The lowest BCUT2D eigenvalue weighted by molar-refractivity contribution is -0.137. The van der Waals surface area contributed by atoms with Crippen molar-refractivity contribution in [2.45, 2.75) is 39.2 Å². The zero-order valence-electron chi connectivity index (χ0n) is 14.5. The molecule has 0 unspecified atom stereocenters. The standard InChI is InChI=1S/C18H22N4O3/c1-13-8-6-7-11-21(13)16(23)12-25-18(24)17-14(2)19-22(20-17)15-9-4-3-5-10-15/h3-5,9-10,13H,6-8,11-12H2,1-2H3/t13-/m0/s1. The van der Waals surface area contributed by atoms with Gasteiger partial charge in [-0.3, -0.25) is 4.79 Å². The topological polar surface area (TPSA) is 77.3 Å². The number of esters is 1. The van der Waals surface area contributed by atoms with Gasteiger partial charge in [0.15, 0.2) is 12.3 Å². The molecular formula is C18H22N4O3. The van der Waals surface area contributed by atoms with Gasteiger partial charge in [-0.1, -0.05) is 18.2 Å². The van der Waals surface area contributed by atoms with E-state index >= 15 is 0 Å². The van der Waals surface area contributed by atoms with Crippen LogP contribution in [0.3, 0.4) is 0 Å². The van der Waals surface area contributed by atoms with E-state index in [1.54, 1.807) is 11.8 Å². The highest BCUT2D eigenvalue weighted by Crippen LogP contribution is 2.16. The molecule has 1 aromatic carbocycles. The largest absolute Gasteiger partial charge is 0.451 e. The number of hydrogen-bond acceptors (Lipinski definition) is 5. The second-order valence-electron chi connectivity index (χ2n) is 6.27. The van der Waals surface area contributed by atoms with Gasteiger partial charge in [-0.2, -0.15) is 9.90 Å². The minimum atomic E-state index is -0.627. The molecule has 1 saturated heterocycles. The third-order valence-electron chi connectivity index (χ3n) is 4.41. The number of amides is 1. The van der Waals surface area contributed by atoms with Crippen LogP contribution >= 0.6 is 0 Å². The molecule has 0 N–H and O–H groups in total. The SMILES string of the molecule is Cc1nn(-c2ccccc2)nc1C(=O)OCC(=O)N1CCCC[C@@H]1C. The van der Waals surface area contributed by atoms with Crippen LogP contribution < -0.4 is 0 Å². The number of benzene rings is 1. The second kappa shape index (κ2) is 7.46. The maximum atomic E-state index is 12.3. The normalized spacial score (nSPS) is 17.4. The summed E-state index contributed by atoms with van der Waals surface area (Å²) in [6.07, 6.45) is 3.12. The highest BCUT2D eigenvalue weighted by molar-refractivity contribution is 5.90. The molecule has 1 aliphatic rings. The maximum absolute atomic E-state index is 12.3. The Morgan fingerprint density at radius 1 is 1.20 bits per heavy atom. The van der Waals surface area contributed by atoms with E-state index in [1.807, 2.05) is 37.3 Å². The van der Waals surface area contributed by atoms with Crippen LogP contribution in [0.1, 0.15) is 42.4 Å². The van der Waals surface area contributed by atoms with Crippen molar-refractivity contribution in [1.29, 1.82) is 0 Å². The van der Waals surface area contributed by atoms with Gasteiger partial charge in [0.05, 0.1) is 11.4 Å². The molecule has 7 heteroatoms. The van der Waals surface area contributed by atoms with E-state index in [2.05, 4.69) is 10.2 Å². The summed E-state index contributed by atoms with van der Waals surface area (Å²) >= 11 is 0. The fourth-order valence-electron chi connectivity index (χ4n) is 2.99. The molecule has 3 rings (SSSR count). The number of ether oxygens (including phenoxy) is 1. The molecule has 0 bridgehead atoms. The minimum absolute atomic E-state index is 0.128. The first-order valence-corrected chi connectivity index (χ1v) is 8.52. The Hall–Kier alpha value is -2.70. The Morgan fingerprint density at radius 2 is 1.96 bits per heavy atom. The van der Waals surface area contributed by atoms with Gasteiger partial charge >= 0.3 is 5.97 Å². The number of aromatic nitrogens is 3. The third kappa shape index (κ3) is 3.87. The first-order valence-electron chi connectivity index (χ1n) is 8.52. The molecule has 1 aliphatic heterocycles. The van der Waals surface area contributed by atoms with E-state index in [0.29, 0.717) is 5.69 Å². The summed E-state index contributed by atoms with van der Waals surface area (Å²) in [5.41, 5.74) is 1.35. The number of carbonyl (C=O) groups is 2. The van der Waals surface area contributed by atoms with Crippen molar-refractivity contribution in [2.24, 2.45) is 0 Å². The molecule has 2 aromatic rings. The van der Waals surface area contributed by atoms with E-state index in [0.717, 1.165) is 31.5 Å². The van der Waals surface area contributed by atoms with Crippen molar-refractivity contribution < 1.29 is 14.3 Å². The summed E-state index contributed by atoms with van der Waals surface area (Å²) in [7, 11) is 0. The molecule has 2 heterocycles. The van der Waals surface area contributed by atoms with Crippen molar-refractivity contribution in [3.8, 4) is 5.69 Å². The Kier molecular flexibility index (Phi) is 5.11. The summed E-state index contributed by atoms with van der Waals surface area (Å²) in [6.45, 7) is 4.17. The number of rotatable bonds is 4. The molecule has 25 heavy (non-hydrogen) atoms. The van der Waals surface area contributed by atoms with Gasteiger partial charge < -0.3 is 9.64 Å². The van der Waals surface area contributed by atoms with Crippen molar-refractivity contribution >= 4 is 11.9 Å². The van der Waals surface area contributed by atoms with E-state index in [1.165, 1.54) is 4.80 Å². The number of piperidine rings is 1. The summed E-state index contributed by atoms with van der Waals surface area (Å²) in [4.78, 5) is 27.7. The number of likely N-dealkylation sites (tertiary alicyclic amines) is 1. The Labute approximate surface area is 146 Å². The van der Waals surface area contributed by atoms with Crippen molar-refractivity contribution in [3.63, 3.8) is 0 Å². The molecule has 1 amide bonds. The van der Waals surface area contributed by atoms with Crippen LogP contribution in [-0.2, 0) is 9.53 Å². The predicted molar refractivity (Wildman–Crippen MR) is 91.4 cm³/mol. The molecule has 0 saturated carbocycles. The average Bonchev–Trinajstić information content (AvgIpc) is 3.02. The number of aryl methyl sites for hydroxylation is 1. The van der Waals surface area contributed by atoms with Crippen LogP contribution in [0.15, 0.2) is 30.3 Å². The number of carbonyl (C=O) groups excluding carboxylic acids is 2.